The number of nitrogens with zero attached hydrogens (tertiary/aromatic N) is 4. The molecule has 1 amide bonds. The van der Waals surface area contributed by atoms with Gasteiger partial charge in [-0.05, 0) is 85.1 Å². The summed E-state index contributed by atoms with van der Waals surface area (Å²) in [6, 6.07) is 8.21. The van der Waals surface area contributed by atoms with Gasteiger partial charge in [0.05, 0.1) is 6.20 Å². The van der Waals surface area contributed by atoms with Crippen molar-refractivity contribution in [3.63, 3.8) is 0 Å². The Labute approximate surface area is 216 Å². The van der Waals surface area contributed by atoms with Crippen LogP contribution < -0.4 is 10.2 Å². The van der Waals surface area contributed by atoms with Crippen LogP contribution in [-0.2, 0) is 31.4 Å². The Hall–Kier alpha value is -3.26. The molecule has 6 nitrogen and oxygen atoms in total. The van der Waals surface area contributed by atoms with E-state index in [-0.39, 0.29) is 11.5 Å². The number of hydrogen-bond donors (Lipinski definition) is 1. The molecule has 3 aliphatic rings. The van der Waals surface area contributed by atoms with E-state index >= 15 is 0 Å². The fraction of sp³-hybridized carbons (Fsp3) is 0.448. The highest BCUT2D eigenvalue weighted by atomic mass is 19.3. The van der Waals surface area contributed by atoms with Crippen LogP contribution in [0.3, 0.4) is 0 Å². The van der Waals surface area contributed by atoms with Gasteiger partial charge < -0.3 is 15.1 Å². The summed E-state index contributed by atoms with van der Waals surface area (Å²) in [5.41, 5.74) is 7.96. The highest BCUT2D eigenvalue weighted by molar-refractivity contribution is 5.80. The third-order valence-corrected chi connectivity index (χ3v) is 8.22. The van der Waals surface area contributed by atoms with Gasteiger partial charge in [0.1, 0.15) is 0 Å². The van der Waals surface area contributed by atoms with Crippen molar-refractivity contribution >= 4 is 17.3 Å². The molecule has 3 aromatic rings. The summed E-state index contributed by atoms with van der Waals surface area (Å²) in [4.78, 5) is 16.4. The number of halogens is 2. The zero-order valence-electron chi connectivity index (χ0n) is 21.4. The second-order valence-electron chi connectivity index (χ2n) is 10.6. The number of piperidine rings is 1. The van der Waals surface area contributed by atoms with Crippen molar-refractivity contribution in [2.75, 3.05) is 24.5 Å². The molecule has 8 heteroatoms. The predicted molar refractivity (Wildman–Crippen MR) is 140 cm³/mol. The number of anilines is 2. The molecule has 0 bridgehead atoms. The first-order valence-electron chi connectivity index (χ1n) is 13.2. The van der Waals surface area contributed by atoms with Crippen molar-refractivity contribution in [3.05, 3.63) is 64.5 Å². The topological polar surface area (TPSA) is 53.4 Å². The minimum Gasteiger partial charge on any atom is -0.341 e. The Bertz CT molecular complexity index is 1340. The highest BCUT2D eigenvalue weighted by Gasteiger charge is 2.31. The van der Waals surface area contributed by atoms with E-state index in [9.17, 15) is 13.6 Å². The molecule has 0 unspecified atom stereocenters. The normalized spacial score (nSPS) is 17.9. The summed E-state index contributed by atoms with van der Waals surface area (Å²) in [6.45, 7) is 5.55. The van der Waals surface area contributed by atoms with Crippen LogP contribution in [-0.4, -0.2) is 40.2 Å². The first kappa shape index (κ1) is 24.1. The van der Waals surface area contributed by atoms with Crippen LogP contribution in [0.15, 0.2) is 36.7 Å². The minimum atomic E-state index is -2.59. The monoisotopic (exact) mass is 505 g/mol. The summed E-state index contributed by atoms with van der Waals surface area (Å²) in [5, 5.41) is 7.65. The van der Waals surface area contributed by atoms with Gasteiger partial charge >= 0.3 is 0 Å². The van der Waals surface area contributed by atoms with Crippen LogP contribution in [0.1, 0.15) is 66.3 Å². The largest absolute Gasteiger partial charge is 0.341 e. The zero-order chi connectivity index (χ0) is 25.7. The maximum Gasteiger partial charge on any atom is 0.264 e. The maximum atomic E-state index is 14.4. The third kappa shape index (κ3) is 4.41. The fourth-order valence-electron chi connectivity index (χ4n) is 6.26. The molecule has 1 fully saturated rings. The van der Waals surface area contributed by atoms with Gasteiger partial charge in [-0.1, -0.05) is 6.07 Å². The highest BCUT2D eigenvalue weighted by Crippen LogP contribution is 2.45. The van der Waals surface area contributed by atoms with Gasteiger partial charge in [-0.15, -0.1) is 0 Å². The van der Waals surface area contributed by atoms with Crippen LogP contribution in [0.2, 0.25) is 0 Å². The number of carbonyl (C=O) groups excluding carboxylic acids is 1. The first-order valence-corrected chi connectivity index (χ1v) is 13.2. The number of rotatable bonds is 4. The second-order valence-corrected chi connectivity index (χ2v) is 10.6. The van der Waals surface area contributed by atoms with Crippen molar-refractivity contribution in [1.82, 2.24) is 20.0 Å². The molecule has 2 aromatic carbocycles. The van der Waals surface area contributed by atoms with Crippen LogP contribution >= 0.6 is 0 Å². The molecule has 1 saturated heterocycles. The molecule has 0 radical (unpaired) electrons. The maximum absolute atomic E-state index is 14.4. The molecule has 0 saturated carbocycles. The fourth-order valence-corrected chi connectivity index (χ4v) is 6.26. The van der Waals surface area contributed by atoms with Gasteiger partial charge in [-0.25, -0.2) is 8.78 Å². The van der Waals surface area contributed by atoms with Crippen LogP contribution in [0.5, 0.6) is 0 Å². The lowest BCUT2D eigenvalue weighted by molar-refractivity contribution is -0.129. The molecule has 1 aromatic heterocycles. The summed E-state index contributed by atoms with van der Waals surface area (Å²) in [5.74, 6) is 0.524. The van der Waals surface area contributed by atoms with Gasteiger partial charge in [0.25, 0.3) is 6.43 Å². The van der Waals surface area contributed by atoms with E-state index in [1.165, 1.54) is 11.1 Å². The van der Waals surface area contributed by atoms with E-state index in [2.05, 4.69) is 27.4 Å². The number of amides is 1. The molecule has 4 heterocycles. The van der Waals surface area contributed by atoms with E-state index in [1.807, 2.05) is 11.0 Å². The number of hydrogen-bond acceptors (Lipinski definition) is 4. The summed E-state index contributed by atoms with van der Waals surface area (Å²) < 4.78 is 30.4. The smallest absolute Gasteiger partial charge is 0.264 e. The lowest BCUT2D eigenvalue weighted by Gasteiger charge is -2.35. The first-order chi connectivity index (χ1) is 17.9. The number of alkyl halides is 2. The van der Waals surface area contributed by atoms with Crippen LogP contribution in [0, 0.1) is 0 Å². The van der Waals surface area contributed by atoms with E-state index in [0.717, 1.165) is 67.8 Å². The standard InChI is InChI=1S/C29H33F2N5O/c1-18(37)35-16-22-10-21(19-5-7-32-8-6-19)12-28(26(22)17-35)36-9-3-4-20-11-24(23-14-33-34(2)15-23)25(29(30)31)13-27(20)36/h10-15,19,29,32H,3-9,16-17H2,1-2H3. The zero-order valence-corrected chi connectivity index (χ0v) is 21.4. The van der Waals surface area contributed by atoms with Crippen molar-refractivity contribution in [2.45, 2.75) is 58.0 Å². The summed E-state index contributed by atoms with van der Waals surface area (Å²) >= 11 is 0. The summed E-state index contributed by atoms with van der Waals surface area (Å²) in [6.07, 6.45) is 4.79. The molecule has 6 rings (SSSR count). The van der Waals surface area contributed by atoms with E-state index in [1.54, 1.807) is 37.1 Å². The molecule has 0 aliphatic carbocycles. The van der Waals surface area contributed by atoms with Gasteiger partial charge in [0.15, 0.2) is 0 Å². The number of aryl methyl sites for hydroxylation is 2. The second kappa shape index (κ2) is 9.56. The molecular weight excluding hydrogens is 472 g/mol. The Morgan fingerprint density at radius 2 is 1.89 bits per heavy atom. The third-order valence-electron chi connectivity index (χ3n) is 8.22. The molecule has 1 N–H and O–H groups in total. The lowest BCUT2D eigenvalue weighted by atomic mass is 9.87. The van der Waals surface area contributed by atoms with Crippen LogP contribution in [0.4, 0.5) is 20.2 Å². The molecule has 37 heavy (non-hydrogen) atoms. The van der Waals surface area contributed by atoms with E-state index in [0.29, 0.717) is 30.1 Å². The average Bonchev–Trinajstić information content (AvgIpc) is 3.54. The van der Waals surface area contributed by atoms with E-state index < -0.39 is 6.43 Å². The SMILES string of the molecule is CC(=O)N1Cc2cc(C3CCNCC3)cc(N3CCCc4cc(-c5cnn(C)c5)c(C(F)F)cc43)c2C1. The summed E-state index contributed by atoms with van der Waals surface area (Å²) in [7, 11) is 1.80. The number of nitrogens with one attached hydrogen (secondary N) is 1. The Morgan fingerprint density at radius 1 is 1.08 bits per heavy atom. The molecular formula is C29H33F2N5O. The van der Waals surface area contributed by atoms with Crippen LogP contribution in [0.25, 0.3) is 11.1 Å². The molecule has 0 atom stereocenters. The number of benzene rings is 2. The Balaban J connectivity index is 1.48. The molecule has 194 valence electrons. The number of fused-ring (bicyclic) bond motifs is 2. The van der Waals surface area contributed by atoms with Crippen molar-refractivity contribution < 1.29 is 13.6 Å². The van der Waals surface area contributed by atoms with Gasteiger partial charge in [-0.3, -0.25) is 9.48 Å². The number of aromatic nitrogens is 2. The van der Waals surface area contributed by atoms with Gasteiger partial charge in [-0.2, -0.15) is 5.10 Å². The quantitative estimate of drug-likeness (QED) is 0.513. The Kier molecular flexibility index (Phi) is 6.23. The van der Waals surface area contributed by atoms with E-state index in [4.69, 9.17) is 0 Å². The Morgan fingerprint density at radius 3 is 2.59 bits per heavy atom. The van der Waals surface area contributed by atoms with Gasteiger partial charge in [0, 0.05) is 67.9 Å². The minimum absolute atomic E-state index is 0.0372. The van der Waals surface area contributed by atoms with Crippen molar-refractivity contribution in [3.8, 4) is 11.1 Å². The molecule has 3 aliphatic heterocycles. The average molecular weight is 506 g/mol. The van der Waals surface area contributed by atoms with Gasteiger partial charge in [0.2, 0.25) is 5.91 Å². The molecule has 0 spiro atoms. The predicted octanol–water partition coefficient (Wildman–Crippen LogP) is 5.44. The van der Waals surface area contributed by atoms with Crippen molar-refractivity contribution in [1.29, 1.82) is 0 Å². The van der Waals surface area contributed by atoms with Crippen molar-refractivity contribution in [2.24, 2.45) is 7.05 Å². The lowest BCUT2D eigenvalue weighted by Crippen LogP contribution is -2.28. The number of carbonyl (C=O) groups is 1.